The maximum absolute atomic E-state index is 13.9. The quantitative estimate of drug-likeness (QED) is 0.218. The second-order valence-corrected chi connectivity index (χ2v) is 10.1. The molecule has 0 N–H and O–H groups in total. The molecule has 0 aromatic heterocycles. The lowest BCUT2D eigenvalue weighted by Crippen LogP contribution is -2.29. The van der Waals surface area contributed by atoms with Crippen LogP contribution in [0.25, 0.3) is 11.1 Å². The van der Waals surface area contributed by atoms with Gasteiger partial charge in [-0.1, -0.05) is 88.1 Å². The molecule has 1 aliphatic rings. The number of benzene rings is 2. The molecule has 3 rings (SSSR count). The van der Waals surface area contributed by atoms with Gasteiger partial charge in [0.05, 0.1) is 0 Å². The highest BCUT2D eigenvalue weighted by Gasteiger charge is 2.27. The zero-order valence-electron chi connectivity index (χ0n) is 21.2. The molecule has 0 unspecified atom stereocenters. The zero-order valence-corrected chi connectivity index (χ0v) is 21.2. The molecule has 1 saturated carbocycles. The van der Waals surface area contributed by atoms with E-state index in [1.54, 1.807) is 0 Å². The zero-order chi connectivity index (χ0) is 24.2. The average Bonchev–Trinajstić information content (AvgIpc) is 2.87. The van der Waals surface area contributed by atoms with Gasteiger partial charge in [-0.05, 0) is 86.0 Å². The molecule has 0 aliphatic heterocycles. The molecule has 0 amide bonds. The lowest BCUT2D eigenvalue weighted by Gasteiger charge is -2.28. The van der Waals surface area contributed by atoms with Gasteiger partial charge in [0, 0.05) is 0 Å². The molecule has 0 bridgehead atoms. The van der Waals surface area contributed by atoms with Crippen molar-refractivity contribution < 1.29 is 13.9 Å². The minimum absolute atomic E-state index is 0.0963. The fourth-order valence-electron chi connectivity index (χ4n) is 4.96. The van der Waals surface area contributed by atoms with Gasteiger partial charge in [-0.15, -0.1) is 0 Å². The fraction of sp³-hybridized carbons (Fsp3) is 0.581. The van der Waals surface area contributed by atoms with Crippen LogP contribution in [0.3, 0.4) is 0 Å². The van der Waals surface area contributed by atoms with Crippen LogP contribution in [0.1, 0.15) is 95.6 Å². The van der Waals surface area contributed by atoms with Crippen LogP contribution in [-0.2, 0) is 22.4 Å². The van der Waals surface area contributed by atoms with Crippen molar-refractivity contribution in [1.82, 2.24) is 0 Å². The van der Waals surface area contributed by atoms with Crippen LogP contribution in [0.15, 0.2) is 48.5 Å². The van der Waals surface area contributed by atoms with E-state index in [0.29, 0.717) is 5.92 Å². The normalized spacial score (nSPS) is 19.0. The van der Waals surface area contributed by atoms with Gasteiger partial charge in [-0.3, -0.25) is 0 Å². The van der Waals surface area contributed by atoms with Crippen molar-refractivity contribution in [3.05, 3.63) is 59.7 Å². The van der Waals surface area contributed by atoms with Crippen molar-refractivity contribution in [2.45, 2.75) is 110 Å². The highest BCUT2D eigenvalue weighted by Crippen LogP contribution is 2.30. The Balaban J connectivity index is 1.38. The molecule has 2 aromatic carbocycles. The molecular weight excluding hydrogens is 423 g/mol. The topological polar surface area (TPSA) is 26.3 Å². The Morgan fingerprint density at radius 3 is 1.94 bits per heavy atom. The summed E-state index contributed by atoms with van der Waals surface area (Å²) < 4.78 is 19.3. The number of halogens is 1. The van der Waals surface area contributed by atoms with E-state index in [-0.39, 0.29) is 12.5 Å². The first-order valence-corrected chi connectivity index (χ1v) is 13.6. The molecular formula is C31H43FO2. The number of ether oxygens (including phenoxy) is 1. The maximum Gasteiger partial charge on any atom is 0.340 e. The van der Waals surface area contributed by atoms with E-state index in [1.807, 2.05) is 6.92 Å². The minimum Gasteiger partial charge on any atom is -0.460 e. The standard InChI is InChI=1S/C31H43FO2/c1-3-5-7-8-24-12-18-27(19-13-24)28-20-14-25(15-21-28)10-11-26-16-22-29(23-17-26)34-31(33)30(32)9-6-4-2/h12-15,18-21,26,29-30H,3-11,16-17,22-23H2,1-2H3/t26-,29-,30-/m0/s1. The van der Waals surface area contributed by atoms with E-state index >= 15 is 0 Å². The number of aryl methyl sites for hydroxylation is 2. The third-order valence-corrected chi connectivity index (χ3v) is 7.29. The number of carbonyl (C=O) groups excluding carboxylic acids is 1. The number of esters is 1. The van der Waals surface area contributed by atoms with Crippen LogP contribution in [0, 0.1) is 5.92 Å². The first-order valence-electron chi connectivity index (χ1n) is 13.6. The molecule has 0 radical (unpaired) electrons. The predicted molar refractivity (Wildman–Crippen MR) is 140 cm³/mol. The smallest absolute Gasteiger partial charge is 0.340 e. The Labute approximate surface area is 206 Å². The number of hydrogen-bond donors (Lipinski definition) is 0. The lowest BCUT2D eigenvalue weighted by molar-refractivity contribution is -0.157. The third-order valence-electron chi connectivity index (χ3n) is 7.29. The van der Waals surface area contributed by atoms with Crippen LogP contribution in [0.2, 0.25) is 0 Å². The fourth-order valence-corrected chi connectivity index (χ4v) is 4.96. The van der Waals surface area contributed by atoms with Crippen molar-refractivity contribution in [1.29, 1.82) is 0 Å². The van der Waals surface area contributed by atoms with Gasteiger partial charge >= 0.3 is 5.97 Å². The van der Waals surface area contributed by atoms with Crippen LogP contribution >= 0.6 is 0 Å². The summed E-state index contributed by atoms with van der Waals surface area (Å²) in [5, 5.41) is 0. The Kier molecular flexibility index (Phi) is 11.1. The summed E-state index contributed by atoms with van der Waals surface area (Å²) in [5.41, 5.74) is 5.36. The van der Waals surface area contributed by atoms with Crippen molar-refractivity contribution in [2.75, 3.05) is 0 Å². The summed E-state index contributed by atoms with van der Waals surface area (Å²) in [7, 11) is 0. The predicted octanol–water partition coefficient (Wildman–Crippen LogP) is 8.65. The second kappa shape index (κ2) is 14.3. The Morgan fingerprint density at radius 1 is 0.824 bits per heavy atom. The molecule has 3 heteroatoms. The molecule has 0 heterocycles. The van der Waals surface area contributed by atoms with Gasteiger partial charge in [0.25, 0.3) is 0 Å². The number of rotatable bonds is 13. The maximum atomic E-state index is 13.9. The molecule has 1 fully saturated rings. The van der Waals surface area contributed by atoms with Crippen LogP contribution in [-0.4, -0.2) is 18.2 Å². The number of hydrogen-bond acceptors (Lipinski definition) is 2. The molecule has 2 nitrogen and oxygen atoms in total. The van der Waals surface area contributed by atoms with E-state index < -0.39 is 12.1 Å². The number of carbonyl (C=O) groups is 1. The van der Waals surface area contributed by atoms with Crippen LogP contribution in [0.4, 0.5) is 4.39 Å². The summed E-state index contributed by atoms with van der Waals surface area (Å²) in [4.78, 5) is 11.9. The van der Waals surface area contributed by atoms with Crippen molar-refractivity contribution in [3.63, 3.8) is 0 Å². The number of alkyl halides is 1. The Morgan fingerprint density at radius 2 is 1.38 bits per heavy atom. The largest absolute Gasteiger partial charge is 0.460 e. The van der Waals surface area contributed by atoms with E-state index in [9.17, 15) is 9.18 Å². The van der Waals surface area contributed by atoms with Crippen molar-refractivity contribution in [3.8, 4) is 11.1 Å². The number of unbranched alkanes of at least 4 members (excludes halogenated alkanes) is 3. The third kappa shape index (κ3) is 8.56. The molecule has 1 atom stereocenters. The molecule has 186 valence electrons. The van der Waals surface area contributed by atoms with E-state index in [1.165, 1.54) is 47.9 Å². The molecule has 34 heavy (non-hydrogen) atoms. The van der Waals surface area contributed by atoms with Gasteiger partial charge in [-0.2, -0.15) is 0 Å². The average molecular weight is 467 g/mol. The summed E-state index contributed by atoms with van der Waals surface area (Å²) >= 11 is 0. The van der Waals surface area contributed by atoms with E-state index in [4.69, 9.17) is 4.74 Å². The first kappa shape index (κ1) is 26.4. The SMILES string of the molecule is CCCCCc1ccc(-c2ccc(CC[C@H]3CC[C@H](OC(=O)[C@@H](F)CCCC)CC3)cc2)cc1. The van der Waals surface area contributed by atoms with Gasteiger partial charge in [0.1, 0.15) is 6.10 Å². The van der Waals surface area contributed by atoms with Gasteiger partial charge in [-0.25, -0.2) is 9.18 Å². The molecule has 1 aliphatic carbocycles. The monoisotopic (exact) mass is 466 g/mol. The highest BCUT2D eigenvalue weighted by atomic mass is 19.1. The van der Waals surface area contributed by atoms with Crippen molar-refractivity contribution in [2.24, 2.45) is 5.92 Å². The summed E-state index contributed by atoms with van der Waals surface area (Å²) in [5.74, 6) is 0.0132. The van der Waals surface area contributed by atoms with Gasteiger partial charge in [0.15, 0.2) is 6.17 Å². The van der Waals surface area contributed by atoms with Gasteiger partial charge in [0.2, 0.25) is 0 Å². The molecule has 0 saturated heterocycles. The first-order chi connectivity index (χ1) is 16.6. The highest BCUT2D eigenvalue weighted by molar-refractivity contribution is 5.74. The molecule has 0 spiro atoms. The second-order valence-electron chi connectivity index (χ2n) is 10.1. The van der Waals surface area contributed by atoms with Crippen molar-refractivity contribution >= 4 is 5.97 Å². The van der Waals surface area contributed by atoms with E-state index in [2.05, 4.69) is 55.5 Å². The molecule has 2 aromatic rings. The van der Waals surface area contributed by atoms with Gasteiger partial charge < -0.3 is 4.74 Å². The van der Waals surface area contributed by atoms with E-state index in [0.717, 1.165) is 51.4 Å². The lowest BCUT2D eigenvalue weighted by atomic mass is 9.83. The van der Waals surface area contributed by atoms with Crippen LogP contribution in [0.5, 0.6) is 0 Å². The van der Waals surface area contributed by atoms with Crippen LogP contribution < -0.4 is 0 Å². The Hall–Kier alpha value is -2.16. The minimum atomic E-state index is -1.45. The Bertz CT molecular complexity index is 835. The summed E-state index contributed by atoms with van der Waals surface area (Å²) in [6.07, 6.45) is 11.5. The summed E-state index contributed by atoms with van der Waals surface area (Å²) in [6, 6.07) is 18.0. The summed E-state index contributed by atoms with van der Waals surface area (Å²) in [6.45, 7) is 4.25.